The summed E-state index contributed by atoms with van der Waals surface area (Å²) in [5.41, 5.74) is 6.26. The minimum Gasteiger partial charge on any atom is -0.326 e. The fourth-order valence-corrected chi connectivity index (χ4v) is 2.42. The third kappa shape index (κ3) is 6.90. The van der Waals surface area contributed by atoms with E-state index in [1.807, 2.05) is 6.07 Å². The minimum absolute atomic E-state index is 0. The van der Waals surface area contributed by atoms with Crippen LogP contribution in [0, 0.1) is 0 Å². The van der Waals surface area contributed by atoms with Crippen molar-refractivity contribution in [3.05, 3.63) is 84.4 Å². The zero-order valence-corrected chi connectivity index (χ0v) is 17.1. The van der Waals surface area contributed by atoms with Crippen molar-refractivity contribution in [3.8, 4) is 22.3 Å². The van der Waals surface area contributed by atoms with E-state index in [2.05, 4.69) is 72.8 Å². The number of benzene rings is 3. The molecule has 0 heterocycles. The normalized spacial score (nSPS) is 11.1. The van der Waals surface area contributed by atoms with Crippen molar-refractivity contribution in [3.63, 3.8) is 0 Å². The molecule has 0 saturated heterocycles. The molecule has 0 saturated carbocycles. The second-order valence-corrected chi connectivity index (χ2v) is 7.15. The maximum Gasteiger partial charge on any atom is 0.522 e. The molecule has 0 unspecified atom stereocenters. The van der Waals surface area contributed by atoms with Crippen molar-refractivity contribution in [2.75, 3.05) is 0 Å². The molecule has 4 nitrogen and oxygen atoms in total. The van der Waals surface area contributed by atoms with Gasteiger partial charge in [0.25, 0.3) is 0 Å². The lowest BCUT2D eigenvalue weighted by molar-refractivity contribution is -0.0510. The van der Waals surface area contributed by atoms with Gasteiger partial charge in [-0.25, -0.2) is 0 Å². The Morgan fingerprint density at radius 2 is 1.14 bits per heavy atom. The molecule has 3 N–H and O–H groups in total. The van der Waals surface area contributed by atoms with Gasteiger partial charge in [0.2, 0.25) is 0 Å². The number of rotatable bonds is 3. The molecule has 0 atom stereocenters. The first-order valence-electron chi connectivity index (χ1n) is 8.11. The molecule has 3 aromatic carbocycles. The molecular formula is C20H21F3NO3S2+. The highest BCUT2D eigenvalue weighted by atomic mass is 32.2. The van der Waals surface area contributed by atoms with Crippen LogP contribution in [0.3, 0.4) is 0 Å². The molecule has 0 aliphatic heterocycles. The summed E-state index contributed by atoms with van der Waals surface area (Å²) in [5, 5.41) is 0. The van der Waals surface area contributed by atoms with Crippen molar-refractivity contribution in [2.45, 2.75) is 12.1 Å². The highest BCUT2D eigenvalue weighted by Crippen LogP contribution is 2.31. The smallest absolute Gasteiger partial charge is 0.326 e. The monoisotopic (exact) mass is 444 g/mol. The van der Waals surface area contributed by atoms with Crippen LogP contribution >= 0.6 is 0 Å². The highest BCUT2D eigenvalue weighted by molar-refractivity contribution is 7.86. The predicted octanol–water partition coefficient (Wildman–Crippen LogP) is 4.07. The lowest BCUT2D eigenvalue weighted by Crippen LogP contribution is -2.21. The molecule has 0 amide bonds. The van der Waals surface area contributed by atoms with Gasteiger partial charge in [-0.2, -0.15) is 21.6 Å². The number of hydrogen-bond acceptors (Lipinski definition) is 3. The van der Waals surface area contributed by atoms with Crippen LogP contribution in [-0.2, 0) is 30.2 Å². The summed E-state index contributed by atoms with van der Waals surface area (Å²) < 4.78 is 57.5. The molecule has 0 fully saturated rings. The van der Waals surface area contributed by atoms with Crippen LogP contribution in [-0.4, -0.2) is 18.5 Å². The van der Waals surface area contributed by atoms with Crippen LogP contribution < -0.4 is 5.73 Å². The topological polar surface area (TPSA) is 80.4 Å². The Morgan fingerprint density at radius 3 is 1.52 bits per heavy atom. The Morgan fingerprint density at radius 1 is 0.759 bits per heavy atom. The molecule has 9 heteroatoms. The third-order valence-corrected chi connectivity index (χ3v) is 4.39. The Bertz CT molecular complexity index is 1010. The summed E-state index contributed by atoms with van der Waals surface area (Å²) in [5.74, 6) is 0. The van der Waals surface area contributed by atoms with E-state index >= 15 is 0 Å². The Balaban J connectivity index is 0.000000403. The SMILES string of the molecule is NCc1ccc(-c2ccccc2-c2ccccc2)cc1.O=S(=O)(O)C(F)(F)F.[SH3+]. The van der Waals surface area contributed by atoms with Gasteiger partial charge in [0.1, 0.15) is 0 Å². The molecule has 156 valence electrons. The second-order valence-electron chi connectivity index (χ2n) is 5.73. The van der Waals surface area contributed by atoms with Crippen LogP contribution in [0.25, 0.3) is 22.3 Å². The maximum absolute atomic E-state index is 10.7. The summed E-state index contributed by atoms with van der Waals surface area (Å²) >= 11 is 0. The molecule has 3 rings (SSSR count). The Hall–Kier alpha value is -2.33. The zero-order chi connectivity index (χ0) is 20.8. The van der Waals surface area contributed by atoms with Gasteiger partial charge in [-0.3, -0.25) is 4.55 Å². The molecule has 0 bridgehead atoms. The molecule has 0 aliphatic carbocycles. The number of hydrogen-bond donors (Lipinski definition) is 2. The van der Waals surface area contributed by atoms with Gasteiger partial charge in [-0.15, -0.1) is 0 Å². The summed E-state index contributed by atoms with van der Waals surface area (Å²) in [4.78, 5) is 0. The van der Waals surface area contributed by atoms with Gasteiger partial charge in [0.05, 0.1) is 0 Å². The van der Waals surface area contributed by atoms with Gasteiger partial charge in [0, 0.05) is 6.54 Å². The maximum atomic E-state index is 10.7. The second kappa shape index (κ2) is 10.4. The van der Waals surface area contributed by atoms with Crippen molar-refractivity contribution in [1.29, 1.82) is 0 Å². The van der Waals surface area contributed by atoms with E-state index in [-0.39, 0.29) is 13.5 Å². The Labute approximate surface area is 174 Å². The summed E-state index contributed by atoms with van der Waals surface area (Å²) in [6, 6.07) is 27.5. The third-order valence-electron chi connectivity index (χ3n) is 3.80. The number of halogens is 3. The summed E-state index contributed by atoms with van der Waals surface area (Å²) in [6.45, 7) is 0.584. The lowest BCUT2D eigenvalue weighted by atomic mass is 9.94. The van der Waals surface area contributed by atoms with Crippen molar-refractivity contribution in [1.82, 2.24) is 0 Å². The van der Waals surface area contributed by atoms with E-state index in [1.165, 1.54) is 22.3 Å². The van der Waals surface area contributed by atoms with Crippen molar-refractivity contribution in [2.24, 2.45) is 5.73 Å². The van der Waals surface area contributed by atoms with E-state index in [0.717, 1.165) is 5.56 Å². The minimum atomic E-state index is -5.84. The molecule has 0 spiro atoms. The zero-order valence-electron chi connectivity index (χ0n) is 15.2. The average Bonchev–Trinajstić information content (AvgIpc) is 2.68. The average molecular weight is 445 g/mol. The first-order chi connectivity index (χ1) is 13.1. The van der Waals surface area contributed by atoms with E-state index in [9.17, 15) is 13.2 Å². The number of nitrogens with two attached hydrogens (primary N) is 1. The van der Waals surface area contributed by atoms with Gasteiger partial charge < -0.3 is 5.73 Å². The van der Waals surface area contributed by atoms with E-state index in [4.69, 9.17) is 18.7 Å². The summed E-state index contributed by atoms with van der Waals surface area (Å²) in [7, 11) is -5.84. The molecule has 0 radical (unpaired) electrons. The molecular weight excluding hydrogens is 423 g/mol. The van der Waals surface area contributed by atoms with Crippen molar-refractivity contribution < 1.29 is 26.1 Å². The first kappa shape index (κ1) is 24.7. The van der Waals surface area contributed by atoms with Crippen LogP contribution in [0.5, 0.6) is 0 Å². The summed E-state index contributed by atoms with van der Waals surface area (Å²) in [6.07, 6.45) is 0. The van der Waals surface area contributed by atoms with E-state index < -0.39 is 15.6 Å². The fraction of sp³-hybridized carbons (Fsp3) is 0.100. The molecule has 0 aromatic heterocycles. The van der Waals surface area contributed by atoms with E-state index in [1.54, 1.807) is 0 Å². The largest absolute Gasteiger partial charge is 0.522 e. The highest BCUT2D eigenvalue weighted by Gasteiger charge is 2.44. The van der Waals surface area contributed by atoms with Crippen molar-refractivity contribution >= 4 is 23.6 Å². The predicted molar refractivity (Wildman–Crippen MR) is 114 cm³/mol. The molecule has 29 heavy (non-hydrogen) atoms. The lowest BCUT2D eigenvalue weighted by Gasteiger charge is -2.10. The van der Waals surface area contributed by atoms with E-state index in [0.29, 0.717) is 6.54 Å². The van der Waals surface area contributed by atoms with Gasteiger partial charge in [0.15, 0.2) is 0 Å². The van der Waals surface area contributed by atoms with Gasteiger partial charge in [-0.1, -0.05) is 92.4 Å². The van der Waals surface area contributed by atoms with Crippen LogP contribution in [0.4, 0.5) is 13.2 Å². The van der Waals surface area contributed by atoms with Gasteiger partial charge >= 0.3 is 15.6 Å². The quantitative estimate of drug-likeness (QED) is 0.363. The standard InChI is InChI=1S/C19H17N.CHF3O3S.H2S/c20-14-15-10-12-17(13-11-15)19-9-5-4-8-18(19)16-6-2-1-3-7-16;2-1(3,4)8(5,6)7;/h1-13H,14,20H2;(H,5,6,7);1H2/p+1. The first-order valence-corrected chi connectivity index (χ1v) is 9.55. The van der Waals surface area contributed by atoms with Gasteiger partial charge in [-0.05, 0) is 27.8 Å². The van der Waals surface area contributed by atoms with Crippen LogP contribution in [0.1, 0.15) is 5.56 Å². The number of alkyl halides is 3. The Kier molecular flexibility index (Phi) is 8.90. The van der Waals surface area contributed by atoms with Crippen LogP contribution in [0.15, 0.2) is 78.9 Å². The molecule has 0 aliphatic rings. The fourth-order valence-electron chi connectivity index (χ4n) is 2.42. The molecule has 3 aromatic rings. The van der Waals surface area contributed by atoms with Crippen LogP contribution in [0.2, 0.25) is 0 Å².